The molecule has 1 saturated heterocycles. The van der Waals surface area contributed by atoms with Crippen LogP contribution in [0.3, 0.4) is 0 Å². The lowest BCUT2D eigenvalue weighted by Gasteiger charge is -2.32. The molecule has 1 aliphatic rings. The second-order valence-electron chi connectivity index (χ2n) is 6.55. The van der Waals surface area contributed by atoms with Gasteiger partial charge >= 0.3 is 0 Å². The lowest BCUT2D eigenvalue weighted by Crippen LogP contribution is -2.48. The van der Waals surface area contributed by atoms with Crippen molar-refractivity contribution in [2.75, 3.05) is 30.9 Å². The van der Waals surface area contributed by atoms with E-state index in [9.17, 15) is 18.0 Å². The first-order valence-electron chi connectivity index (χ1n) is 8.68. The van der Waals surface area contributed by atoms with Crippen LogP contribution in [-0.2, 0) is 14.8 Å². The number of rotatable bonds is 5. The van der Waals surface area contributed by atoms with E-state index in [1.165, 1.54) is 30.3 Å². The van der Waals surface area contributed by atoms with Crippen molar-refractivity contribution in [3.8, 4) is 0 Å². The average Bonchev–Trinajstić information content (AvgIpc) is 2.69. The van der Waals surface area contributed by atoms with E-state index < -0.39 is 10.0 Å². The zero-order valence-electron chi connectivity index (χ0n) is 15.3. The molecule has 0 spiro atoms. The highest BCUT2D eigenvalue weighted by atomic mass is 35.5. The molecule has 0 unspecified atom stereocenters. The van der Waals surface area contributed by atoms with Gasteiger partial charge in [0.2, 0.25) is 6.41 Å². The molecule has 1 aliphatic heterocycles. The molecule has 3 rings (SSSR count). The number of hydrogen-bond donors (Lipinski definition) is 1. The van der Waals surface area contributed by atoms with E-state index in [1.807, 2.05) is 6.92 Å². The van der Waals surface area contributed by atoms with Gasteiger partial charge in [-0.05, 0) is 37.3 Å². The van der Waals surface area contributed by atoms with E-state index in [2.05, 4.69) is 4.72 Å². The van der Waals surface area contributed by atoms with Gasteiger partial charge in [0.1, 0.15) is 0 Å². The van der Waals surface area contributed by atoms with Crippen LogP contribution in [0.2, 0.25) is 5.02 Å². The summed E-state index contributed by atoms with van der Waals surface area (Å²) in [5.74, 6) is -0.208. The lowest BCUT2D eigenvalue weighted by atomic mass is 10.1. The van der Waals surface area contributed by atoms with Crippen LogP contribution in [0, 0.1) is 6.92 Å². The van der Waals surface area contributed by atoms with Crippen LogP contribution in [0.15, 0.2) is 47.4 Å². The average molecular weight is 422 g/mol. The Hall–Kier alpha value is -2.58. The molecule has 2 aromatic rings. The fourth-order valence-corrected chi connectivity index (χ4v) is 4.23. The van der Waals surface area contributed by atoms with Crippen LogP contribution in [0.5, 0.6) is 0 Å². The summed E-state index contributed by atoms with van der Waals surface area (Å²) < 4.78 is 27.5. The molecule has 0 saturated carbocycles. The van der Waals surface area contributed by atoms with Crippen LogP contribution in [0.25, 0.3) is 0 Å². The van der Waals surface area contributed by atoms with Crippen LogP contribution >= 0.6 is 11.6 Å². The molecule has 9 heteroatoms. The summed E-state index contributed by atoms with van der Waals surface area (Å²) in [5, 5.41) is 0.132. The SMILES string of the molecule is Cc1ccc(S(=O)(=O)Nc2ccc(C(=O)N3CCN(C=O)CC3)cc2Cl)cc1. The minimum atomic E-state index is -3.78. The largest absolute Gasteiger partial charge is 0.342 e. The third-order valence-corrected chi connectivity index (χ3v) is 6.24. The van der Waals surface area contributed by atoms with Gasteiger partial charge in [-0.1, -0.05) is 29.3 Å². The van der Waals surface area contributed by atoms with Crippen LogP contribution in [-0.4, -0.2) is 56.7 Å². The summed E-state index contributed by atoms with van der Waals surface area (Å²) in [6.07, 6.45) is 0.771. The highest BCUT2D eigenvalue weighted by molar-refractivity contribution is 7.92. The smallest absolute Gasteiger partial charge is 0.261 e. The van der Waals surface area contributed by atoms with Crippen molar-refractivity contribution < 1.29 is 18.0 Å². The number of carbonyl (C=O) groups is 2. The van der Waals surface area contributed by atoms with Gasteiger partial charge in [0.25, 0.3) is 15.9 Å². The molecular weight excluding hydrogens is 402 g/mol. The van der Waals surface area contributed by atoms with Crippen LogP contribution in [0.1, 0.15) is 15.9 Å². The van der Waals surface area contributed by atoms with E-state index in [4.69, 9.17) is 11.6 Å². The molecule has 0 aliphatic carbocycles. The van der Waals surface area contributed by atoms with Crippen molar-refractivity contribution in [3.63, 3.8) is 0 Å². The van der Waals surface area contributed by atoms with Gasteiger partial charge in [-0.25, -0.2) is 8.42 Å². The number of benzene rings is 2. The van der Waals surface area contributed by atoms with Crippen molar-refractivity contribution >= 4 is 39.6 Å². The first-order chi connectivity index (χ1) is 13.3. The Morgan fingerprint density at radius 1 is 1.07 bits per heavy atom. The molecule has 0 bridgehead atoms. The molecule has 148 valence electrons. The maximum absolute atomic E-state index is 12.6. The normalized spacial score (nSPS) is 14.6. The number of nitrogens with one attached hydrogen (secondary N) is 1. The van der Waals surface area contributed by atoms with E-state index in [0.717, 1.165) is 12.0 Å². The van der Waals surface area contributed by atoms with Gasteiger partial charge in [0.15, 0.2) is 0 Å². The van der Waals surface area contributed by atoms with Crippen molar-refractivity contribution in [2.24, 2.45) is 0 Å². The van der Waals surface area contributed by atoms with Crippen molar-refractivity contribution in [1.29, 1.82) is 0 Å². The summed E-state index contributed by atoms with van der Waals surface area (Å²) in [6.45, 7) is 3.72. The van der Waals surface area contributed by atoms with Gasteiger partial charge in [0.05, 0.1) is 15.6 Å². The molecule has 0 radical (unpaired) electrons. The number of anilines is 1. The third-order valence-electron chi connectivity index (χ3n) is 4.54. The molecule has 0 aromatic heterocycles. The molecule has 28 heavy (non-hydrogen) atoms. The second kappa shape index (κ2) is 8.20. The first-order valence-corrected chi connectivity index (χ1v) is 10.5. The topological polar surface area (TPSA) is 86.8 Å². The number of sulfonamides is 1. The minimum absolute atomic E-state index is 0.127. The summed E-state index contributed by atoms with van der Waals surface area (Å²) in [4.78, 5) is 26.8. The Balaban J connectivity index is 1.74. The maximum Gasteiger partial charge on any atom is 0.261 e. The standard InChI is InChI=1S/C19H20ClN3O4S/c1-14-2-5-16(6-3-14)28(26,27)21-18-7-4-15(12-17(18)20)19(25)23-10-8-22(13-24)9-11-23/h2-7,12-13,21H,8-11H2,1H3. The van der Waals surface area contributed by atoms with Gasteiger partial charge in [0, 0.05) is 31.7 Å². The molecule has 0 atom stereocenters. The number of carbonyl (C=O) groups excluding carboxylic acids is 2. The Labute approximate surface area is 168 Å². The highest BCUT2D eigenvalue weighted by Crippen LogP contribution is 2.26. The van der Waals surface area contributed by atoms with Crippen molar-refractivity contribution in [1.82, 2.24) is 9.80 Å². The summed E-state index contributed by atoms with van der Waals surface area (Å²) >= 11 is 6.22. The number of hydrogen-bond acceptors (Lipinski definition) is 4. The van der Waals surface area contributed by atoms with Crippen LogP contribution < -0.4 is 4.72 Å². The Bertz CT molecular complexity index is 985. The number of amides is 2. The van der Waals surface area contributed by atoms with E-state index >= 15 is 0 Å². The fraction of sp³-hybridized carbons (Fsp3) is 0.263. The first kappa shape index (κ1) is 20.2. The lowest BCUT2D eigenvalue weighted by molar-refractivity contribution is -0.119. The molecular formula is C19H20ClN3O4S. The predicted octanol–water partition coefficient (Wildman–Crippen LogP) is 2.36. The Morgan fingerprint density at radius 3 is 2.29 bits per heavy atom. The highest BCUT2D eigenvalue weighted by Gasteiger charge is 2.22. The van der Waals surface area contributed by atoms with Gasteiger partial charge in [-0.3, -0.25) is 14.3 Å². The summed E-state index contributed by atoms with van der Waals surface area (Å²) in [7, 11) is -3.78. The maximum atomic E-state index is 12.6. The minimum Gasteiger partial charge on any atom is -0.342 e. The van der Waals surface area contributed by atoms with Crippen molar-refractivity contribution in [2.45, 2.75) is 11.8 Å². The van der Waals surface area contributed by atoms with E-state index in [1.54, 1.807) is 21.9 Å². The number of piperazine rings is 1. The Morgan fingerprint density at radius 2 is 1.71 bits per heavy atom. The third kappa shape index (κ3) is 4.45. The van der Waals surface area contributed by atoms with E-state index in [0.29, 0.717) is 31.7 Å². The Kier molecular flexibility index (Phi) is 5.90. The zero-order valence-corrected chi connectivity index (χ0v) is 16.8. The molecule has 2 aromatic carbocycles. The van der Waals surface area contributed by atoms with Crippen LogP contribution in [0.4, 0.5) is 5.69 Å². The summed E-state index contributed by atoms with van der Waals surface area (Å²) in [5.41, 5.74) is 1.52. The number of halogens is 1. The van der Waals surface area contributed by atoms with E-state index in [-0.39, 0.29) is 21.5 Å². The monoisotopic (exact) mass is 421 g/mol. The molecule has 7 nitrogen and oxygen atoms in total. The zero-order chi connectivity index (χ0) is 20.3. The quantitative estimate of drug-likeness (QED) is 0.751. The van der Waals surface area contributed by atoms with Gasteiger partial charge < -0.3 is 9.80 Å². The predicted molar refractivity (Wildman–Crippen MR) is 107 cm³/mol. The second-order valence-corrected chi connectivity index (χ2v) is 8.64. The molecule has 2 amide bonds. The molecule has 1 N–H and O–H groups in total. The van der Waals surface area contributed by atoms with Gasteiger partial charge in [-0.2, -0.15) is 0 Å². The molecule has 1 fully saturated rings. The number of nitrogens with zero attached hydrogens (tertiary/aromatic N) is 2. The summed E-state index contributed by atoms with van der Waals surface area (Å²) in [6, 6.07) is 10.9. The van der Waals surface area contributed by atoms with Crippen molar-refractivity contribution in [3.05, 3.63) is 58.6 Å². The number of aryl methyl sites for hydroxylation is 1. The molecule has 1 heterocycles. The van der Waals surface area contributed by atoms with Gasteiger partial charge in [-0.15, -0.1) is 0 Å². The fourth-order valence-electron chi connectivity index (χ4n) is 2.87.